The number of nitrogens with zero attached hydrogens (tertiary/aromatic N) is 4. The number of hydrogen-bond donors (Lipinski definition) is 0. The van der Waals surface area contributed by atoms with Gasteiger partial charge in [-0.05, 0) is 73.8 Å². The van der Waals surface area contributed by atoms with Crippen LogP contribution in [0.1, 0.15) is 6.92 Å². The van der Waals surface area contributed by atoms with Gasteiger partial charge >= 0.3 is 0 Å². The van der Waals surface area contributed by atoms with Crippen LogP contribution in [0.15, 0.2) is 115 Å². The average molecular weight is 448 g/mol. The number of allylic oxidation sites excluding steroid dienone is 11. The van der Waals surface area contributed by atoms with Crippen LogP contribution in [0.5, 0.6) is 0 Å². The highest BCUT2D eigenvalue weighted by Gasteiger charge is 2.28. The second kappa shape index (κ2) is 8.71. The molecule has 8 heteroatoms. The minimum Gasteiger partial charge on any atom is -0.338 e. The van der Waals surface area contributed by atoms with E-state index in [0.717, 1.165) is 22.8 Å². The van der Waals surface area contributed by atoms with Gasteiger partial charge in [0.15, 0.2) is 6.17 Å². The molecule has 5 rings (SSSR count). The third kappa shape index (κ3) is 4.61. The van der Waals surface area contributed by atoms with Gasteiger partial charge in [-0.25, -0.2) is 33.1 Å². The van der Waals surface area contributed by atoms with E-state index >= 15 is 0 Å². The summed E-state index contributed by atoms with van der Waals surface area (Å²) in [6.45, 7) is 0.117. The molecule has 0 aromatic heterocycles. The third-order valence-corrected chi connectivity index (χ3v) is 5.27. The Balaban J connectivity index is 1.54. The van der Waals surface area contributed by atoms with Gasteiger partial charge in [0, 0.05) is 5.57 Å². The van der Waals surface area contributed by atoms with Gasteiger partial charge in [0.25, 0.3) is 0 Å². The maximum Gasteiger partial charge on any atom is 0.233 e. The van der Waals surface area contributed by atoms with Crippen molar-refractivity contribution in [1.29, 1.82) is 0 Å². The van der Waals surface area contributed by atoms with Crippen LogP contribution in [-0.2, 0) is 4.74 Å². The van der Waals surface area contributed by atoms with Crippen molar-refractivity contribution in [2.45, 2.75) is 25.6 Å². The molecule has 0 saturated carbocycles. The first-order chi connectivity index (χ1) is 16.0. The van der Waals surface area contributed by atoms with Crippen LogP contribution in [0.4, 0.5) is 13.2 Å². The Morgan fingerprint density at radius 3 is 1.76 bits per heavy atom. The van der Waals surface area contributed by atoms with Gasteiger partial charge in [-0.15, -0.1) is 0 Å². The molecular formula is C25H19F3N4O. The Labute approximate surface area is 188 Å². The molecule has 8 bridgehead atoms. The van der Waals surface area contributed by atoms with Crippen molar-refractivity contribution in [3.05, 3.63) is 95.2 Å². The first kappa shape index (κ1) is 21.2. The number of alkyl halides is 3. The third-order valence-electron chi connectivity index (χ3n) is 5.27. The predicted molar refractivity (Wildman–Crippen MR) is 124 cm³/mol. The predicted octanol–water partition coefficient (Wildman–Crippen LogP) is 4.96. The molecule has 0 aromatic carbocycles. The molecule has 0 saturated heterocycles. The standard InChI is InChI=1S/C25H19F3N4O/c1-14(33-25(28)23(27)13-26)22-11-21-10-19-5-4-17(30-19)8-15-2-3-16(29-15)9-18-6-7-20(31-18)12-24(22)32-21/h2-12,14,23,25H,13H2,1H3. The zero-order chi connectivity index (χ0) is 22.9. The summed E-state index contributed by atoms with van der Waals surface area (Å²) in [6, 6.07) is 0. The average Bonchev–Trinajstić information content (AvgIpc) is 3.58. The monoisotopic (exact) mass is 448 g/mol. The lowest BCUT2D eigenvalue weighted by molar-refractivity contribution is -0.110. The van der Waals surface area contributed by atoms with Gasteiger partial charge in [0.2, 0.25) is 6.36 Å². The van der Waals surface area contributed by atoms with Gasteiger partial charge in [0.05, 0.1) is 51.7 Å². The van der Waals surface area contributed by atoms with Crippen LogP contribution in [0.25, 0.3) is 0 Å². The van der Waals surface area contributed by atoms with Crippen LogP contribution in [0, 0.1) is 0 Å². The molecule has 0 amide bonds. The molecule has 5 aliphatic heterocycles. The van der Waals surface area contributed by atoms with Crippen LogP contribution in [0.2, 0.25) is 0 Å². The summed E-state index contributed by atoms with van der Waals surface area (Å²) in [6.07, 6.45) is 14.6. The second-order valence-electron chi connectivity index (χ2n) is 7.78. The van der Waals surface area contributed by atoms with Crippen molar-refractivity contribution in [3.8, 4) is 0 Å². The minimum absolute atomic E-state index is 0.500. The largest absolute Gasteiger partial charge is 0.338 e. The quantitative estimate of drug-likeness (QED) is 0.587. The van der Waals surface area contributed by atoms with Gasteiger partial charge in [-0.3, -0.25) is 0 Å². The second-order valence-corrected chi connectivity index (χ2v) is 7.78. The number of ether oxygens (including phenoxy) is 1. The highest BCUT2D eigenvalue weighted by atomic mass is 19.2. The minimum atomic E-state index is -2.38. The molecule has 33 heavy (non-hydrogen) atoms. The molecule has 3 atom stereocenters. The summed E-state index contributed by atoms with van der Waals surface area (Å²) < 4.78 is 44.9. The van der Waals surface area contributed by atoms with Crippen molar-refractivity contribution in [2.24, 2.45) is 20.0 Å². The van der Waals surface area contributed by atoms with E-state index < -0.39 is 25.3 Å². The summed E-state index contributed by atoms with van der Waals surface area (Å²) >= 11 is 0. The van der Waals surface area contributed by atoms with Crippen molar-refractivity contribution in [1.82, 2.24) is 0 Å². The number of rotatable bonds is 5. The highest BCUT2D eigenvalue weighted by Crippen LogP contribution is 2.28. The van der Waals surface area contributed by atoms with E-state index in [-0.39, 0.29) is 0 Å². The summed E-state index contributed by atoms with van der Waals surface area (Å²) in [5.74, 6) is 0. The maximum absolute atomic E-state index is 13.9. The molecule has 5 heterocycles. The molecule has 5 aliphatic rings. The highest BCUT2D eigenvalue weighted by molar-refractivity contribution is 6.15. The van der Waals surface area contributed by atoms with Gasteiger partial charge in [-0.1, -0.05) is 0 Å². The molecular weight excluding hydrogens is 429 g/mol. The van der Waals surface area contributed by atoms with Crippen molar-refractivity contribution in [3.63, 3.8) is 0 Å². The Bertz CT molecular complexity index is 1270. The molecule has 166 valence electrons. The van der Waals surface area contributed by atoms with E-state index in [2.05, 4.69) is 20.0 Å². The summed E-state index contributed by atoms with van der Waals surface area (Å²) in [5.41, 5.74) is 5.98. The van der Waals surface area contributed by atoms with Gasteiger partial charge in [0.1, 0.15) is 6.67 Å². The Morgan fingerprint density at radius 1 is 0.697 bits per heavy atom. The lowest BCUT2D eigenvalue weighted by atomic mass is 10.1. The number of aliphatic imine (C=N–C) groups is 4. The normalized spacial score (nSPS) is 23.1. The molecule has 0 spiro atoms. The fourth-order valence-electron chi connectivity index (χ4n) is 3.67. The number of halogens is 3. The molecule has 0 radical (unpaired) electrons. The van der Waals surface area contributed by atoms with Crippen molar-refractivity contribution >= 4 is 22.8 Å². The molecule has 0 fully saturated rings. The van der Waals surface area contributed by atoms with Gasteiger partial charge in [-0.2, -0.15) is 0 Å². The Morgan fingerprint density at radius 2 is 1.21 bits per heavy atom. The number of fused-ring (bicyclic) bond motifs is 4. The molecule has 0 aromatic rings. The van der Waals surface area contributed by atoms with Crippen LogP contribution >= 0.6 is 0 Å². The summed E-state index contributed by atoms with van der Waals surface area (Å²) in [4.78, 5) is 18.3. The Kier molecular flexibility index (Phi) is 5.60. The topological polar surface area (TPSA) is 58.7 Å². The molecule has 0 aliphatic carbocycles. The lowest BCUT2D eigenvalue weighted by Gasteiger charge is -2.19. The fraction of sp³-hybridized carbons (Fsp3) is 0.200. The van der Waals surface area contributed by atoms with E-state index in [9.17, 15) is 13.2 Å². The zero-order valence-corrected chi connectivity index (χ0v) is 17.6. The summed E-state index contributed by atoms with van der Waals surface area (Å²) in [5, 5.41) is 0. The number of hydrogen-bond acceptors (Lipinski definition) is 5. The smallest absolute Gasteiger partial charge is 0.233 e. The van der Waals surface area contributed by atoms with Crippen molar-refractivity contribution in [2.75, 3.05) is 6.67 Å². The van der Waals surface area contributed by atoms with E-state index in [1.165, 1.54) is 0 Å². The van der Waals surface area contributed by atoms with Crippen LogP contribution < -0.4 is 0 Å². The zero-order valence-electron chi connectivity index (χ0n) is 17.6. The molecule has 3 unspecified atom stereocenters. The van der Waals surface area contributed by atoms with Crippen molar-refractivity contribution < 1.29 is 17.9 Å². The summed E-state index contributed by atoms with van der Waals surface area (Å²) in [7, 11) is 0. The lowest BCUT2D eigenvalue weighted by Crippen LogP contribution is -2.27. The van der Waals surface area contributed by atoms with E-state index in [4.69, 9.17) is 4.74 Å². The molecule has 5 nitrogen and oxygen atoms in total. The SMILES string of the molecule is CC(OC(F)C(F)CF)C1=CC2=NC1=CC1=NC(=CC3=NC(=CC4=NC(=C2)C=C4)C=C3)C=C1. The van der Waals surface area contributed by atoms with E-state index in [1.54, 1.807) is 25.2 Å². The first-order valence-electron chi connectivity index (χ1n) is 10.4. The van der Waals surface area contributed by atoms with E-state index in [1.807, 2.05) is 48.6 Å². The molecule has 0 N–H and O–H groups in total. The fourth-order valence-corrected chi connectivity index (χ4v) is 3.67. The van der Waals surface area contributed by atoms with Crippen LogP contribution in [0.3, 0.4) is 0 Å². The van der Waals surface area contributed by atoms with Crippen LogP contribution in [-0.4, -0.2) is 48.2 Å². The van der Waals surface area contributed by atoms with E-state index in [0.29, 0.717) is 28.4 Å². The first-order valence-corrected chi connectivity index (χ1v) is 10.4. The Hall–Kier alpha value is -3.65. The maximum atomic E-state index is 13.9. The van der Waals surface area contributed by atoms with Gasteiger partial charge < -0.3 is 4.74 Å².